The van der Waals surface area contributed by atoms with Crippen LogP contribution in [0.2, 0.25) is 0 Å². The van der Waals surface area contributed by atoms with E-state index in [1.807, 2.05) is 41.4 Å². The topological polar surface area (TPSA) is 66.3 Å². The zero-order chi connectivity index (χ0) is 24.7. The molecule has 0 spiro atoms. The van der Waals surface area contributed by atoms with Crippen LogP contribution in [-0.2, 0) is 16.1 Å². The summed E-state index contributed by atoms with van der Waals surface area (Å²) in [5.74, 6) is -1.35. The van der Waals surface area contributed by atoms with Gasteiger partial charge in [0.05, 0.1) is 11.5 Å². The van der Waals surface area contributed by atoms with Gasteiger partial charge in [-0.2, -0.15) is 4.98 Å². The fourth-order valence-corrected chi connectivity index (χ4v) is 8.89. The number of fused-ring (bicyclic) bond motifs is 1. The molecule has 36 heavy (non-hydrogen) atoms. The number of aromatic nitrogens is 2. The standard InChI is InChI=1S/C29H28FN3O2S/c30-24-16-20(17-33-18-21(19-33)28(34)35)11-12-23(24)26-32-25-10-7-15-31-27(25)36(26)29(13-5-2-6-14-29)22-8-3-1-4-9-22/h1,3-4,7-12,15-16,21H,2,5-6,13-14,17-19H2/p+1. The summed E-state index contributed by atoms with van der Waals surface area (Å²) >= 11 is 0. The zero-order valence-corrected chi connectivity index (χ0v) is 20.9. The highest BCUT2D eigenvalue weighted by Crippen LogP contribution is 2.59. The van der Waals surface area contributed by atoms with Gasteiger partial charge in [0.25, 0.3) is 9.84 Å². The minimum absolute atomic E-state index is 0.146. The van der Waals surface area contributed by atoms with Gasteiger partial charge in [0.2, 0.25) is 0 Å². The van der Waals surface area contributed by atoms with Crippen LogP contribution in [0.5, 0.6) is 0 Å². The monoisotopic (exact) mass is 502 g/mol. The molecule has 1 aliphatic carbocycles. The van der Waals surface area contributed by atoms with Crippen LogP contribution in [0.4, 0.5) is 4.39 Å². The molecule has 0 radical (unpaired) electrons. The van der Waals surface area contributed by atoms with E-state index in [1.54, 1.807) is 6.07 Å². The Kier molecular flexibility index (Phi) is 6.05. The molecule has 1 saturated carbocycles. The van der Waals surface area contributed by atoms with Crippen molar-refractivity contribution in [3.8, 4) is 10.6 Å². The molecule has 2 fully saturated rings. The number of carboxylic acids is 1. The van der Waals surface area contributed by atoms with E-state index in [1.165, 1.54) is 12.0 Å². The number of carboxylic acid groups (broad SMARTS) is 1. The molecule has 4 aromatic rings. The first kappa shape index (κ1) is 23.3. The summed E-state index contributed by atoms with van der Waals surface area (Å²) in [6.45, 7) is 1.57. The molecule has 5 nitrogen and oxygen atoms in total. The number of carbonyl (C=O) groups is 1. The molecular formula is C29H29FN3O2S+. The van der Waals surface area contributed by atoms with Crippen molar-refractivity contribution in [1.29, 1.82) is 0 Å². The average molecular weight is 503 g/mol. The van der Waals surface area contributed by atoms with Crippen molar-refractivity contribution in [1.82, 2.24) is 14.9 Å². The van der Waals surface area contributed by atoms with E-state index in [-0.39, 0.29) is 16.5 Å². The van der Waals surface area contributed by atoms with Crippen molar-refractivity contribution in [2.75, 3.05) is 13.1 Å². The Bertz CT molecular complexity index is 1410. The van der Waals surface area contributed by atoms with Gasteiger partial charge >= 0.3 is 5.97 Å². The summed E-state index contributed by atoms with van der Waals surface area (Å²) in [5, 5.41) is 9.92. The smallest absolute Gasteiger partial charge is 0.309 e. The lowest BCUT2D eigenvalue weighted by atomic mass is 9.83. The number of hydrogen-bond donors (Lipinski definition) is 1. The molecule has 2 aromatic carbocycles. The highest BCUT2D eigenvalue weighted by molar-refractivity contribution is 7.41. The van der Waals surface area contributed by atoms with Gasteiger partial charge in [-0.1, -0.05) is 42.8 Å². The normalized spacial score (nSPS) is 18.8. The lowest BCUT2D eigenvalue weighted by Gasteiger charge is -2.36. The minimum atomic E-state index is -0.762. The SMILES string of the molecule is O=C(O)C1CN(Cc2ccc(-c3nc4cccnc4[s+]3C3(c4ccccc4)CCCCC3)c(F)c2)C1. The lowest BCUT2D eigenvalue weighted by Crippen LogP contribution is -2.49. The second kappa shape index (κ2) is 9.37. The molecule has 7 heteroatoms. The van der Waals surface area contributed by atoms with Crippen LogP contribution in [0.15, 0.2) is 66.9 Å². The van der Waals surface area contributed by atoms with E-state index in [0.29, 0.717) is 25.2 Å². The van der Waals surface area contributed by atoms with Crippen LogP contribution in [0.1, 0.15) is 43.2 Å². The first-order valence-corrected chi connectivity index (χ1v) is 13.9. The Morgan fingerprint density at radius 1 is 1.06 bits per heavy atom. The molecule has 0 bridgehead atoms. The molecule has 1 N–H and O–H groups in total. The largest absolute Gasteiger partial charge is 0.481 e. The molecule has 1 saturated heterocycles. The number of thiazole rings is 1. The second-order valence-electron chi connectivity index (χ2n) is 10.0. The quantitative estimate of drug-likeness (QED) is 0.309. The molecule has 184 valence electrons. The number of hydrogen-bond acceptors (Lipinski definition) is 4. The molecule has 2 aromatic heterocycles. The Morgan fingerprint density at radius 3 is 2.56 bits per heavy atom. The Hall–Kier alpha value is -3.16. The third-order valence-electron chi connectivity index (χ3n) is 7.69. The molecule has 2 aliphatic rings. The maximum atomic E-state index is 15.8. The first-order chi connectivity index (χ1) is 17.5. The maximum absolute atomic E-state index is 15.8. The van der Waals surface area contributed by atoms with Crippen molar-refractivity contribution >= 4 is 26.8 Å². The van der Waals surface area contributed by atoms with Crippen LogP contribution >= 0.6 is 10.5 Å². The van der Waals surface area contributed by atoms with Gasteiger partial charge in [0, 0.05) is 54.7 Å². The highest BCUT2D eigenvalue weighted by atomic mass is 32.2. The fourth-order valence-electron chi connectivity index (χ4n) is 5.83. The van der Waals surface area contributed by atoms with E-state index in [2.05, 4.69) is 24.3 Å². The summed E-state index contributed by atoms with van der Waals surface area (Å²) in [6.07, 6.45) is 7.40. The Morgan fingerprint density at radius 2 is 1.83 bits per heavy atom. The van der Waals surface area contributed by atoms with Crippen molar-refractivity contribution in [3.63, 3.8) is 0 Å². The van der Waals surface area contributed by atoms with Gasteiger partial charge < -0.3 is 5.11 Å². The summed E-state index contributed by atoms with van der Waals surface area (Å²) in [4.78, 5) is 23.9. The van der Waals surface area contributed by atoms with Crippen LogP contribution in [0, 0.1) is 11.7 Å². The van der Waals surface area contributed by atoms with Crippen molar-refractivity contribution in [3.05, 3.63) is 83.8 Å². The molecule has 6 rings (SSSR count). The van der Waals surface area contributed by atoms with Crippen molar-refractivity contribution < 1.29 is 14.3 Å². The highest BCUT2D eigenvalue weighted by Gasteiger charge is 2.49. The number of aliphatic carboxylic acids is 1. The fraction of sp³-hybridized carbons (Fsp3) is 0.345. The predicted molar refractivity (Wildman–Crippen MR) is 140 cm³/mol. The Balaban J connectivity index is 1.44. The van der Waals surface area contributed by atoms with Crippen molar-refractivity contribution in [2.24, 2.45) is 5.92 Å². The second-order valence-corrected chi connectivity index (χ2v) is 12.2. The van der Waals surface area contributed by atoms with Gasteiger partial charge in [-0.05, 0) is 42.7 Å². The number of rotatable bonds is 6. The van der Waals surface area contributed by atoms with Gasteiger partial charge in [0.15, 0.2) is 4.75 Å². The number of benzene rings is 2. The minimum Gasteiger partial charge on any atom is -0.481 e. The number of likely N-dealkylation sites (tertiary alicyclic amines) is 1. The third-order valence-corrected chi connectivity index (χ3v) is 10.5. The molecule has 1 aliphatic heterocycles. The molecule has 1 atom stereocenters. The van der Waals surface area contributed by atoms with Crippen molar-refractivity contribution in [2.45, 2.75) is 43.4 Å². The summed E-state index contributed by atoms with van der Waals surface area (Å²) in [7, 11) is -0.492. The Labute approximate surface area is 212 Å². The maximum Gasteiger partial charge on any atom is 0.309 e. The molecule has 3 heterocycles. The third kappa shape index (κ3) is 4.00. The van der Waals surface area contributed by atoms with Gasteiger partial charge in [-0.25, -0.2) is 9.37 Å². The van der Waals surface area contributed by atoms with E-state index in [4.69, 9.17) is 15.1 Å². The summed E-state index contributed by atoms with van der Waals surface area (Å²) < 4.78 is 15.6. The van der Waals surface area contributed by atoms with Crippen LogP contribution < -0.4 is 0 Å². The number of pyridine rings is 1. The van der Waals surface area contributed by atoms with Crippen LogP contribution in [0.25, 0.3) is 20.9 Å². The zero-order valence-electron chi connectivity index (χ0n) is 20.1. The van der Waals surface area contributed by atoms with E-state index in [0.717, 1.165) is 46.6 Å². The van der Waals surface area contributed by atoms with Crippen LogP contribution in [0.3, 0.4) is 0 Å². The summed E-state index contributed by atoms with van der Waals surface area (Å²) in [5.41, 5.74) is 3.54. The lowest BCUT2D eigenvalue weighted by molar-refractivity contribution is -0.147. The number of halogens is 1. The van der Waals surface area contributed by atoms with Gasteiger partial charge in [-0.3, -0.25) is 9.69 Å². The molecular weight excluding hydrogens is 473 g/mol. The van der Waals surface area contributed by atoms with E-state index in [9.17, 15) is 4.79 Å². The van der Waals surface area contributed by atoms with E-state index >= 15 is 4.39 Å². The van der Waals surface area contributed by atoms with Crippen LogP contribution in [-0.4, -0.2) is 39.0 Å². The molecule has 1 unspecified atom stereocenters. The number of nitrogens with zero attached hydrogens (tertiary/aromatic N) is 3. The van der Waals surface area contributed by atoms with Gasteiger partial charge in [0.1, 0.15) is 11.3 Å². The average Bonchev–Trinajstić information content (AvgIpc) is 3.26. The molecule has 0 amide bonds. The van der Waals surface area contributed by atoms with E-state index < -0.39 is 16.4 Å². The van der Waals surface area contributed by atoms with Gasteiger partial charge in [-0.15, -0.1) is 0 Å². The summed E-state index contributed by atoms with van der Waals surface area (Å²) in [6, 6.07) is 20.0. The predicted octanol–water partition coefficient (Wildman–Crippen LogP) is 6.41. The first-order valence-electron chi connectivity index (χ1n) is 12.6.